The molecule has 23 heavy (non-hydrogen) atoms. The fourth-order valence-corrected chi connectivity index (χ4v) is 2.60. The molecule has 0 radical (unpaired) electrons. The monoisotopic (exact) mass is 314 g/mol. The number of methoxy groups -OCH3 is 1. The van der Waals surface area contributed by atoms with E-state index in [1.165, 1.54) is 6.07 Å². The minimum atomic E-state index is -0.316. The van der Waals surface area contributed by atoms with Gasteiger partial charge in [-0.3, -0.25) is 0 Å². The van der Waals surface area contributed by atoms with Crippen molar-refractivity contribution < 1.29 is 13.9 Å². The molecule has 0 aromatic heterocycles. The summed E-state index contributed by atoms with van der Waals surface area (Å²) in [4.78, 5) is 12.1. The van der Waals surface area contributed by atoms with Gasteiger partial charge >= 0.3 is 6.03 Å². The van der Waals surface area contributed by atoms with Gasteiger partial charge in [0.1, 0.15) is 11.6 Å². The first-order valence-electron chi connectivity index (χ1n) is 7.57. The fraction of sp³-hybridized carbons (Fsp3) is 0.278. The van der Waals surface area contributed by atoms with E-state index in [2.05, 4.69) is 10.6 Å². The number of benzene rings is 2. The molecule has 0 unspecified atom stereocenters. The number of nitrogens with one attached hydrogen (secondary N) is 2. The maximum atomic E-state index is 13.5. The summed E-state index contributed by atoms with van der Waals surface area (Å²) < 4.78 is 18.7. The average Bonchev–Trinajstić information content (AvgIpc) is 3.35. The smallest absolute Gasteiger partial charge is 0.315 e. The number of urea groups is 1. The van der Waals surface area contributed by atoms with E-state index in [-0.39, 0.29) is 23.9 Å². The van der Waals surface area contributed by atoms with Crippen LogP contribution in [-0.4, -0.2) is 13.1 Å². The zero-order chi connectivity index (χ0) is 16.3. The molecule has 2 N–H and O–H groups in total. The quantitative estimate of drug-likeness (QED) is 0.889. The van der Waals surface area contributed by atoms with Gasteiger partial charge in [0.25, 0.3) is 0 Å². The Kier molecular flexibility index (Phi) is 4.19. The van der Waals surface area contributed by atoms with E-state index in [0.29, 0.717) is 5.56 Å². The number of ether oxygens (including phenoxy) is 1. The van der Waals surface area contributed by atoms with E-state index >= 15 is 0 Å². The molecule has 1 fully saturated rings. The van der Waals surface area contributed by atoms with Gasteiger partial charge in [-0.2, -0.15) is 0 Å². The summed E-state index contributed by atoms with van der Waals surface area (Å²) in [6, 6.07) is 13.8. The van der Waals surface area contributed by atoms with Gasteiger partial charge in [0.15, 0.2) is 0 Å². The summed E-state index contributed by atoms with van der Waals surface area (Å²) in [6.07, 6.45) is 1.79. The third kappa shape index (κ3) is 3.44. The van der Waals surface area contributed by atoms with Gasteiger partial charge in [-0.05, 0) is 36.6 Å². The van der Waals surface area contributed by atoms with Crippen molar-refractivity contribution in [3.63, 3.8) is 0 Å². The number of halogens is 1. The van der Waals surface area contributed by atoms with Crippen LogP contribution in [0.2, 0.25) is 0 Å². The van der Waals surface area contributed by atoms with Crippen molar-refractivity contribution in [2.75, 3.05) is 7.11 Å². The summed E-state index contributed by atoms with van der Waals surface area (Å²) in [5, 5.41) is 5.71. The standard InChI is InChI=1S/C18H19FN2O2/c1-23-15-8-6-14(7-9-15)18(10-11-18)21-17(22)20-12-13-4-2-3-5-16(13)19/h2-9H,10-12H2,1H3,(H2,20,21,22). The van der Waals surface area contributed by atoms with Crippen LogP contribution in [0.3, 0.4) is 0 Å². The maximum absolute atomic E-state index is 13.5. The number of carbonyl (C=O) groups excluding carboxylic acids is 1. The van der Waals surface area contributed by atoms with Gasteiger partial charge in [0.05, 0.1) is 12.6 Å². The largest absolute Gasteiger partial charge is 0.497 e. The van der Waals surface area contributed by atoms with Crippen LogP contribution >= 0.6 is 0 Å². The summed E-state index contributed by atoms with van der Waals surface area (Å²) in [5.74, 6) is 0.470. The van der Waals surface area contributed by atoms with Gasteiger partial charge in [-0.15, -0.1) is 0 Å². The van der Waals surface area contributed by atoms with Crippen molar-refractivity contribution in [2.45, 2.75) is 24.9 Å². The molecule has 2 amide bonds. The molecule has 3 rings (SSSR count). The first-order chi connectivity index (χ1) is 11.1. The molecule has 4 nitrogen and oxygen atoms in total. The molecule has 0 aliphatic heterocycles. The molecular formula is C18H19FN2O2. The van der Waals surface area contributed by atoms with Gasteiger partial charge in [-0.1, -0.05) is 30.3 Å². The Labute approximate surface area is 134 Å². The molecule has 1 aliphatic carbocycles. The Balaban J connectivity index is 1.60. The van der Waals surface area contributed by atoms with Crippen LogP contribution in [0.15, 0.2) is 48.5 Å². The highest BCUT2D eigenvalue weighted by Crippen LogP contribution is 2.45. The third-order valence-corrected chi connectivity index (χ3v) is 4.14. The number of hydrogen-bond donors (Lipinski definition) is 2. The normalized spacial score (nSPS) is 14.9. The van der Waals surface area contributed by atoms with Crippen molar-refractivity contribution in [3.05, 3.63) is 65.5 Å². The van der Waals surface area contributed by atoms with Crippen LogP contribution in [0, 0.1) is 5.82 Å². The van der Waals surface area contributed by atoms with E-state index in [1.54, 1.807) is 25.3 Å². The van der Waals surface area contributed by atoms with Crippen LogP contribution in [-0.2, 0) is 12.1 Å². The second-order valence-electron chi connectivity index (χ2n) is 5.71. The van der Waals surface area contributed by atoms with Crippen molar-refractivity contribution in [1.82, 2.24) is 10.6 Å². The van der Waals surface area contributed by atoms with Gasteiger partial charge in [0, 0.05) is 12.1 Å². The van der Waals surface area contributed by atoms with E-state index < -0.39 is 0 Å². The van der Waals surface area contributed by atoms with Crippen LogP contribution in [0.5, 0.6) is 5.75 Å². The number of amides is 2. The average molecular weight is 314 g/mol. The lowest BCUT2D eigenvalue weighted by atomic mass is 10.1. The molecule has 120 valence electrons. The highest BCUT2D eigenvalue weighted by Gasteiger charge is 2.45. The van der Waals surface area contributed by atoms with Crippen molar-refractivity contribution in [2.24, 2.45) is 0 Å². The van der Waals surface area contributed by atoms with Crippen LogP contribution in [0.4, 0.5) is 9.18 Å². The predicted octanol–water partition coefficient (Wildman–Crippen LogP) is 3.32. The predicted molar refractivity (Wildman–Crippen MR) is 85.7 cm³/mol. The number of hydrogen-bond acceptors (Lipinski definition) is 2. The Morgan fingerprint density at radius 2 is 1.87 bits per heavy atom. The molecule has 0 heterocycles. The Bertz CT molecular complexity index is 696. The summed E-state index contributed by atoms with van der Waals surface area (Å²) in [6.45, 7) is 0.164. The first-order valence-corrected chi connectivity index (χ1v) is 7.57. The maximum Gasteiger partial charge on any atom is 0.315 e. The number of carbonyl (C=O) groups is 1. The lowest BCUT2D eigenvalue weighted by Gasteiger charge is -2.19. The summed E-state index contributed by atoms with van der Waals surface area (Å²) in [5.41, 5.74) is 1.21. The zero-order valence-electron chi connectivity index (χ0n) is 12.9. The molecule has 0 spiro atoms. The highest BCUT2D eigenvalue weighted by molar-refractivity contribution is 5.75. The van der Waals surface area contributed by atoms with Crippen LogP contribution in [0.25, 0.3) is 0 Å². The molecule has 1 saturated carbocycles. The zero-order valence-corrected chi connectivity index (χ0v) is 12.9. The summed E-state index contributed by atoms with van der Waals surface area (Å²) in [7, 11) is 1.62. The van der Waals surface area contributed by atoms with Crippen LogP contribution in [0.1, 0.15) is 24.0 Å². The Morgan fingerprint density at radius 1 is 1.17 bits per heavy atom. The van der Waals surface area contributed by atoms with Gasteiger partial charge < -0.3 is 15.4 Å². The van der Waals surface area contributed by atoms with Crippen molar-refractivity contribution in [1.29, 1.82) is 0 Å². The molecule has 1 aliphatic rings. The molecule has 2 aromatic carbocycles. The van der Waals surface area contributed by atoms with E-state index in [4.69, 9.17) is 4.74 Å². The minimum Gasteiger partial charge on any atom is -0.497 e. The summed E-state index contributed by atoms with van der Waals surface area (Å²) >= 11 is 0. The topological polar surface area (TPSA) is 50.4 Å². The first kappa shape index (κ1) is 15.3. The highest BCUT2D eigenvalue weighted by atomic mass is 19.1. The Hall–Kier alpha value is -2.56. The van der Waals surface area contributed by atoms with Crippen molar-refractivity contribution in [3.8, 4) is 5.75 Å². The second kappa shape index (κ2) is 6.28. The van der Waals surface area contributed by atoms with E-state index in [0.717, 1.165) is 24.2 Å². The lowest BCUT2D eigenvalue weighted by molar-refractivity contribution is 0.235. The SMILES string of the molecule is COc1ccc(C2(NC(=O)NCc3ccccc3F)CC2)cc1. The Morgan fingerprint density at radius 3 is 2.48 bits per heavy atom. The molecule has 5 heteroatoms. The van der Waals surface area contributed by atoms with Crippen LogP contribution < -0.4 is 15.4 Å². The van der Waals surface area contributed by atoms with E-state index in [9.17, 15) is 9.18 Å². The van der Waals surface area contributed by atoms with Gasteiger partial charge in [0.2, 0.25) is 0 Å². The molecule has 0 saturated heterocycles. The van der Waals surface area contributed by atoms with Crippen molar-refractivity contribution >= 4 is 6.03 Å². The minimum absolute atomic E-state index is 0.164. The van der Waals surface area contributed by atoms with Gasteiger partial charge in [-0.25, -0.2) is 9.18 Å². The third-order valence-electron chi connectivity index (χ3n) is 4.14. The van der Waals surface area contributed by atoms with E-state index in [1.807, 2.05) is 24.3 Å². The molecular weight excluding hydrogens is 295 g/mol. The molecule has 0 atom stereocenters. The number of rotatable bonds is 5. The lowest BCUT2D eigenvalue weighted by Crippen LogP contribution is -2.42. The second-order valence-corrected chi connectivity index (χ2v) is 5.71. The molecule has 2 aromatic rings. The molecule has 0 bridgehead atoms. The fourth-order valence-electron chi connectivity index (χ4n) is 2.60.